The number of rotatable bonds is 7. The van der Waals surface area contributed by atoms with E-state index in [-0.39, 0.29) is 30.1 Å². The van der Waals surface area contributed by atoms with Gasteiger partial charge in [0, 0.05) is 31.4 Å². The Labute approximate surface area is 188 Å². The highest BCUT2D eigenvalue weighted by atomic mass is 35.5. The lowest BCUT2D eigenvalue weighted by Crippen LogP contribution is -2.54. The lowest BCUT2D eigenvalue weighted by molar-refractivity contribution is 0.000976. The first kappa shape index (κ1) is 23.5. The van der Waals surface area contributed by atoms with Crippen molar-refractivity contribution in [3.8, 4) is 0 Å². The first-order valence-electron chi connectivity index (χ1n) is 10.9. The normalized spacial score (nSPS) is 22.6. The van der Waals surface area contributed by atoms with Crippen molar-refractivity contribution in [2.75, 3.05) is 25.0 Å². The van der Waals surface area contributed by atoms with Crippen molar-refractivity contribution in [1.29, 1.82) is 0 Å². The number of halogens is 3. The molecule has 3 fully saturated rings. The third kappa shape index (κ3) is 6.40. The van der Waals surface area contributed by atoms with Crippen molar-refractivity contribution in [2.45, 2.75) is 38.1 Å². The van der Waals surface area contributed by atoms with Crippen LogP contribution < -0.4 is 10.6 Å². The Bertz CT molecular complexity index is 847. The standard InChI is InChI=1S/C24H29F2N3O.ClH/c25-20-5-2-17(3-6-20)14-19-15-18-4-11-23(19)29(16-18)13-1-12-27-24(30)28-22-9-7-21(26)8-10-22;/h2-3,5-10,18-19,23H,1,4,11-16H2,(H2,27,28,30);1H. The summed E-state index contributed by atoms with van der Waals surface area (Å²) in [6.07, 6.45) is 5.70. The molecule has 5 rings (SSSR count). The minimum atomic E-state index is -0.325. The zero-order valence-electron chi connectivity index (χ0n) is 17.5. The average molecular weight is 450 g/mol. The second-order valence-corrected chi connectivity index (χ2v) is 8.57. The molecule has 3 atom stereocenters. The summed E-state index contributed by atoms with van der Waals surface area (Å²) >= 11 is 0. The average Bonchev–Trinajstić information content (AvgIpc) is 2.75. The number of piperidine rings is 2. The van der Waals surface area contributed by atoms with E-state index in [1.165, 1.54) is 37.0 Å². The SMILES string of the molecule is Cl.O=C(NCCCN1CC2CCC1C(Cc1ccc(F)cc1)C2)Nc1ccc(F)cc1. The van der Waals surface area contributed by atoms with E-state index in [0.717, 1.165) is 31.8 Å². The summed E-state index contributed by atoms with van der Waals surface area (Å²) in [7, 11) is 0. The highest BCUT2D eigenvalue weighted by Crippen LogP contribution is 2.40. The van der Waals surface area contributed by atoms with Crippen LogP contribution in [0.1, 0.15) is 31.2 Å². The molecule has 2 heterocycles. The van der Waals surface area contributed by atoms with Gasteiger partial charge >= 0.3 is 6.03 Å². The van der Waals surface area contributed by atoms with Crippen molar-refractivity contribution >= 4 is 24.1 Å². The van der Waals surface area contributed by atoms with Gasteiger partial charge in [-0.3, -0.25) is 4.90 Å². The molecule has 7 heteroatoms. The van der Waals surface area contributed by atoms with Gasteiger partial charge in [0.15, 0.2) is 0 Å². The van der Waals surface area contributed by atoms with Crippen LogP contribution in [0.25, 0.3) is 0 Å². The van der Waals surface area contributed by atoms with E-state index in [1.807, 2.05) is 12.1 Å². The summed E-state index contributed by atoms with van der Waals surface area (Å²) in [6, 6.07) is 13.0. The number of carbonyl (C=O) groups excluding carboxylic acids is 1. The molecule has 2 amide bonds. The summed E-state index contributed by atoms with van der Waals surface area (Å²) in [6.45, 7) is 2.72. The molecule has 1 aliphatic carbocycles. The van der Waals surface area contributed by atoms with Crippen LogP contribution >= 0.6 is 12.4 Å². The molecule has 3 aliphatic rings. The summed E-state index contributed by atoms with van der Waals surface area (Å²) in [5.74, 6) is 0.865. The van der Waals surface area contributed by atoms with Crippen LogP contribution in [0.5, 0.6) is 0 Å². The minimum Gasteiger partial charge on any atom is -0.338 e. The molecular formula is C24H30ClF2N3O. The Morgan fingerprint density at radius 3 is 2.35 bits per heavy atom. The minimum absolute atomic E-state index is 0. The third-order valence-electron chi connectivity index (χ3n) is 6.43. The Morgan fingerprint density at radius 1 is 1.00 bits per heavy atom. The lowest BCUT2D eigenvalue weighted by atomic mass is 9.70. The van der Waals surface area contributed by atoms with Gasteiger partial charge in [0.05, 0.1) is 0 Å². The second kappa shape index (κ2) is 10.9. The molecule has 31 heavy (non-hydrogen) atoms. The number of benzene rings is 2. The fourth-order valence-electron chi connectivity index (χ4n) is 5.05. The molecule has 2 saturated heterocycles. The number of anilines is 1. The Kier molecular flexibility index (Phi) is 8.27. The highest BCUT2D eigenvalue weighted by molar-refractivity contribution is 5.89. The molecule has 0 spiro atoms. The van der Waals surface area contributed by atoms with E-state index >= 15 is 0 Å². The Morgan fingerprint density at radius 2 is 1.68 bits per heavy atom. The van der Waals surface area contributed by atoms with Gasteiger partial charge in [-0.15, -0.1) is 12.4 Å². The van der Waals surface area contributed by atoms with E-state index in [9.17, 15) is 13.6 Å². The molecule has 1 saturated carbocycles. The smallest absolute Gasteiger partial charge is 0.319 e. The van der Waals surface area contributed by atoms with Gasteiger partial charge in [0.1, 0.15) is 11.6 Å². The molecule has 0 radical (unpaired) electrons. The highest BCUT2D eigenvalue weighted by Gasteiger charge is 2.40. The molecule has 168 valence electrons. The summed E-state index contributed by atoms with van der Waals surface area (Å²) in [4.78, 5) is 14.6. The number of hydrogen-bond donors (Lipinski definition) is 2. The Balaban J connectivity index is 0.00000272. The molecular weight excluding hydrogens is 420 g/mol. The van der Waals surface area contributed by atoms with E-state index in [4.69, 9.17) is 0 Å². The van der Waals surface area contributed by atoms with Crippen molar-refractivity contribution in [3.63, 3.8) is 0 Å². The number of amides is 2. The summed E-state index contributed by atoms with van der Waals surface area (Å²) in [5, 5.41) is 5.60. The van der Waals surface area contributed by atoms with Gasteiger partial charge in [-0.2, -0.15) is 0 Å². The van der Waals surface area contributed by atoms with Crippen molar-refractivity contribution in [1.82, 2.24) is 10.2 Å². The molecule has 3 unspecified atom stereocenters. The quantitative estimate of drug-likeness (QED) is 0.567. The number of carbonyl (C=O) groups is 1. The largest absolute Gasteiger partial charge is 0.338 e. The number of hydrogen-bond acceptors (Lipinski definition) is 2. The van der Waals surface area contributed by atoms with Crippen LogP contribution in [-0.4, -0.2) is 36.6 Å². The first-order valence-corrected chi connectivity index (χ1v) is 10.9. The number of fused-ring (bicyclic) bond motifs is 3. The van der Waals surface area contributed by atoms with E-state index in [1.54, 1.807) is 24.3 Å². The maximum atomic E-state index is 13.2. The zero-order valence-corrected chi connectivity index (χ0v) is 18.3. The molecule has 4 nitrogen and oxygen atoms in total. The molecule has 2 aromatic rings. The van der Waals surface area contributed by atoms with Crippen LogP contribution in [0.2, 0.25) is 0 Å². The van der Waals surface area contributed by atoms with E-state index < -0.39 is 0 Å². The van der Waals surface area contributed by atoms with Gasteiger partial charge in [-0.1, -0.05) is 12.1 Å². The van der Waals surface area contributed by atoms with Gasteiger partial charge in [-0.25, -0.2) is 13.6 Å². The van der Waals surface area contributed by atoms with Gasteiger partial charge in [0.25, 0.3) is 0 Å². The first-order chi connectivity index (χ1) is 14.6. The van der Waals surface area contributed by atoms with E-state index in [0.29, 0.717) is 24.2 Å². The number of nitrogens with zero attached hydrogens (tertiary/aromatic N) is 1. The van der Waals surface area contributed by atoms with Crippen LogP contribution in [0.15, 0.2) is 48.5 Å². The van der Waals surface area contributed by atoms with Gasteiger partial charge < -0.3 is 10.6 Å². The van der Waals surface area contributed by atoms with Crippen molar-refractivity contribution in [3.05, 3.63) is 65.7 Å². The fraction of sp³-hybridized carbons (Fsp3) is 0.458. The molecule has 2 aromatic carbocycles. The van der Waals surface area contributed by atoms with Crippen LogP contribution in [-0.2, 0) is 6.42 Å². The van der Waals surface area contributed by atoms with Crippen LogP contribution in [0.4, 0.5) is 19.3 Å². The topological polar surface area (TPSA) is 44.4 Å². The number of nitrogens with one attached hydrogen (secondary N) is 2. The molecule has 2 aliphatic heterocycles. The number of urea groups is 1. The van der Waals surface area contributed by atoms with E-state index in [2.05, 4.69) is 15.5 Å². The maximum Gasteiger partial charge on any atom is 0.319 e. The summed E-state index contributed by atoms with van der Waals surface area (Å²) < 4.78 is 26.1. The van der Waals surface area contributed by atoms with Crippen LogP contribution in [0.3, 0.4) is 0 Å². The molecule has 2 bridgehead atoms. The monoisotopic (exact) mass is 449 g/mol. The van der Waals surface area contributed by atoms with Crippen molar-refractivity contribution in [2.24, 2.45) is 11.8 Å². The maximum absolute atomic E-state index is 13.2. The second-order valence-electron chi connectivity index (χ2n) is 8.57. The summed E-state index contributed by atoms with van der Waals surface area (Å²) in [5.41, 5.74) is 1.79. The molecule has 0 aromatic heterocycles. The zero-order chi connectivity index (χ0) is 20.9. The third-order valence-corrected chi connectivity index (χ3v) is 6.43. The lowest BCUT2D eigenvalue weighted by Gasteiger charge is -2.50. The van der Waals surface area contributed by atoms with Gasteiger partial charge in [0.2, 0.25) is 0 Å². The van der Waals surface area contributed by atoms with Crippen molar-refractivity contribution < 1.29 is 13.6 Å². The predicted octanol–water partition coefficient (Wildman–Crippen LogP) is 5.24. The molecule has 2 N–H and O–H groups in total. The predicted molar refractivity (Wildman–Crippen MR) is 122 cm³/mol. The van der Waals surface area contributed by atoms with Gasteiger partial charge in [-0.05, 0) is 85.9 Å². The Hall–Kier alpha value is -2.18. The van der Waals surface area contributed by atoms with Crippen LogP contribution in [0, 0.1) is 23.5 Å². The fourth-order valence-corrected chi connectivity index (χ4v) is 5.05.